The van der Waals surface area contributed by atoms with Crippen molar-refractivity contribution in [2.75, 3.05) is 26.2 Å². The summed E-state index contributed by atoms with van der Waals surface area (Å²) in [5.41, 5.74) is 1.95. The van der Waals surface area contributed by atoms with Gasteiger partial charge in [0, 0.05) is 18.5 Å². The van der Waals surface area contributed by atoms with Gasteiger partial charge in [-0.3, -0.25) is 4.90 Å². The molecular weight excluding hydrogens is 264 g/mol. The second-order valence-electron chi connectivity index (χ2n) is 7.04. The van der Waals surface area contributed by atoms with E-state index < -0.39 is 0 Å². The largest absolute Gasteiger partial charge is 0.447 e. The fourth-order valence-corrected chi connectivity index (χ4v) is 4.45. The molecule has 4 unspecified atom stereocenters. The molecule has 0 aromatic heterocycles. The van der Waals surface area contributed by atoms with E-state index in [1.165, 1.54) is 25.1 Å². The minimum absolute atomic E-state index is 0.158. The maximum Gasteiger partial charge on any atom is 0.410 e. The molecule has 4 rings (SSSR count). The van der Waals surface area contributed by atoms with Gasteiger partial charge in [-0.25, -0.2) is 4.79 Å². The first-order chi connectivity index (χ1) is 10.1. The number of cyclic esters (lactones) is 1. The first-order valence-corrected chi connectivity index (χ1v) is 8.20. The molecule has 21 heavy (non-hydrogen) atoms. The summed E-state index contributed by atoms with van der Waals surface area (Å²) in [5.74, 6) is 0.862. The maximum atomic E-state index is 11.8. The van der Waals surface area contributed by atoms with Gasteiger partial charge in [-0.05, 0) is 37.8 Å². The Morgan fingerprint density at radius 1 is 1.48 bits per heavy atom. The fourth-order valence-electron chi connectivity index (χ4n) is 4.45. The van der Waals surface area contributed by atoms with Crippen LogP contribution in [0.15, 0.2) is 23.8 Å². The van der Waals surface area contributed by atoms with Crippen molar-refractivity contribution >= 4 is 6.09 Å². The number of ether oxygens (including phenoxy) is 1. The molecule has 114 valence electrons. The molecule has 0 spiro atoms. The minimum Gasteiger partial charge on any atom is -0.447 e. The normalized spacial score (nSPS) is 42.0. The highest BCUT2D eigenvalue weighted by molar-refractivity contribution is 5.71. The maximum absolute atomic E-state index is 11.8. The second-order valence-corrected chi connectivity index (χ2v) is 7.04. The summed E-state index contributed by atoms with van der Waals surface area (Å²) in [6.07, 6.45) is 9.01. The molecule has 4 atom stereocenters. The monoisotopic (exact) mass is 288 g/mol. The van der Waals surface area contributed by atoms with E-state index in [1.807, 2.05) is 4.90 Å². The number of rotatable bonds is 3. The highest BCUT2D eigenvalue weighted by Crippen LogP contribution is 2.62. The number of carbonyl (C=O) groups is 1. The van der Waals surface area contributed by atoms with Crippen molar-refractivity contribution in [2.45, 2.75) is 38.8 Å². The van der Waals surface area contributed by atoms with E-state index in [2.05, 4.69) is 37.0 Å². The van der Waals surface area contributed by atoms with Crippen LogP contribution in [0.2, 0.25) is 0 Å². The molecule has 3 fully saturated rings. The number of allylic oxidation sites excluding steroid dienone is 1. The molecule has 2 aliphatic carbocycles. The molecule has 4 aliphatic rings. The average molecular weight is 288 g/mol. The summed E-state index contributed by atoms with van der Waals surface area (Å²) in [6.45, 7) is 8.48. The van der Waals surface area contributed by atoms with E-state index in [9.17, 15) is 4.79 Å². The van der Waals surface area contributed by atoms with E-state index in [1.54, 1.807) is 0 Å². The number of hydrogen-bond acceptors (Lipinski definition) is 3. The van der Waals surface area contributed by atoms with Crippen LogP contribution < -0.4 is 0 Å². The molecule has 4 nitrogen and oxygen atoms in total. The zero-order valence-corrected chi connectivity index (χ0v) is 12.9. The highest BCUT2D eigenvalue weighted by atomic mass is 16.6. The summed E-state index contributed by atoms with van der Waals surface area (Å²) >= 11 is 0. The number of nitrogens with zero attached hydrogens (tertiary/aromatic N) is 2. The van der Waals surface area contributed by atoms with Gasteiger partial charge in [0.2, 0.25) is 0 Å². The van der Waals surface area contributed by atoms with Gasteiger partial charge in [0.15, 0.2) is 0 Å². The Morgan fingerprint density at radius 2 is 2.33 bits per heavy atom. The first-order valence-electron chi connectivity index (χ1n) is 8.20. The van der Waals surface area contributed by atoms with Crippen molar-refractivity contribution < 1.29 is 9.53 Å². The van der Waals surface area contributed by atoms with Gasteiger partial charge in [-0.15, -0.1) is 0 Å². The van der Waals surface area contributed by atoms with Crippen molar-refractivity contribution in [1.29, 1.82) is 0 Å². The van der Waals surface area contributed by atoms with Gasteiger partial charge in [0.05, 0.1) is 12.1 Å². The van der Waals surface area contributed by atoms with Crippen LogP contribution in [-0.4, -0.2) is 54.2 Å². The van der Waals surface area contributed by atoms with Crippen LogP contribution in [0.3, 0.4) is 0 Å². The van der Waals surface area contributed by atoms with Gasteiger partial charge in [0.25, 0.3) is 0 Å². The van der Waals surface area contributed by atoms with Crippen molar-refractivity contribution in [1.82, 2.24) is 9.80 Å². The quantitative estimate of drug-likeness (QED) is 0.799. The van der Waals surface area contributed by atoms with Crippen LogP contribution in [0.4, 0.5) is 4.79 Å². The van der Waals surface area contributed by atoms with Crippen LogP contribution in [0.25, 0.3) is 0 Å². The van der Waals surface area contributed by atoms with Gasteiger partial charge in [-0.2, -0.15) is 0 Å². The summed E-state index contributed by atoms with van der Waals surface area (Å²) < 4.78 is 5.14. The summed E-state index contributed by atoms with van der Waals surface area (Å²) in [5, 5.41) is 0. The van der Waals surface area contributed by atoms with Gasteiger partial charge < -0.3 is 9.64 Å². The van der Waals surface area contributed by atoms with E-state index in [4.69, 9.17) is 4.74 Å². The van der Waals surface area contributed by atoms with Crippen molar-refractivity contribution in [2.24, 2.45) is 11.3 Å². The molecule has 2 aliphatic heterocycles. The predicted octanol–water partition coefficient (Wildman–Crippen LogP) is 2.42. The van der Waals surface area contributed by atoms with Crippen LogP contribution in [0, 0.1) is 11.3 Å². The van der Waals surface area contributed by atoms with Crippen LogP contribution in [-0.2, 0) is 4.74 Å². The van der Waals surface area contributed by atoms with E-state index in [-0.39, 0.29) is 18.2 Å². The summed E-state index contributed by atoms with van der Waals surface area (Å²) in [6, 6.07) is 0.368. The summed E-state index contributed by atoms with van der Waals surface area (Å²) in [7, 11) is 0. The van der Waals surface area contributed by atoms with E-state index in [0.717, 1.165) is 18.9 Å². The molecular formula is C17H24N2O2. The Bertz CT molecular complexity index is 527. The molecule has 4 heteroatoms. The topological polar surface area (TPSA) is 32.8 Å². The molecule has 0 radical (unpaired) electrons. The Balaban J connectivity index is 1.46. The minimum atomic E-state index is -0.158. The number of fused-ring (bicyclic) bond motifs is 1. The molecule has 2 saturated heterocycles. The van der Waals surface area contributed by atoms with Crippen molar-refractivity contribution in [3.05, 3.63) is 23.8 Å². The fraction of sp³-hybridized carbons (Fsp3) is 0.706. The lowest BCUT2D eigenvalue weighted by molar-refractivity contribution is 0.151. The zero-order chi connectivity index (χ0) is 14.6. The third kappa shape index (κ3) is 1.95. The van der Waals surface area contributed by atoms with Crippen LogP contribution >= 0.6 is 0 Å². The number of amides is 1. The lowest BCUT2D eigenvalue weighted by Gasteiger charge is -2.29. The van der Waals surface area contributed by atoms with Crippen molar-refractivity contribution in [3.63, 3.8) is 0 Å². The lowest BCUT2D eigenvalue weighted by Crippen LogP contribution is -2.40. The third-order valence-electron chi connectivity index (χ3n) is 5.81. The molecule has 0 aromatic rings. The molecule has 2 heterocycles. The Morgan fingerprint density at radius 3 is 2.90 bits per heavy atom. The molecule has 0 aromatic carbocycles. The lowest BCUT2D eigenvalue weighted by atomic mass is 9.88. The van der Waals surface area contributed by atoms with Gasteiger partial charge in [0.1, 0.15) is 6.61 Å². The molecule has 1 saturated carbocycles. The molecule has 0 bridgehead atoms. The predicted molar refractivity (Wildman–Crippen MR) is 80.9 cm³/mol. The Hall–Kier alpha value is -1.29. The van der Waals surface area contributed by atoms with Gasteiger partial charge >= 0.3 is 6.09 Å². The third-order valence-corrected chi connectivity index (χ3v) is 5.81. The van der Waals surface area contributed by atoms with Gasteiger partial charge in [-0.1, -0.05) is 25.2 Å². The van der Waals surface area contributed by atoms with E-state index in [0.29, 0.717) is 12.0 Å². The molecule has 0 N–H and O–H groups in total. The Labute approximate surface area is 126 Å². The second kappa shape index (κ2) is 4.60. The zero-order valence-electron chi connectivity index (χ0n) is 12.9. The number of carbonyl (C=O) groups excluding carboxylic acids is 1. The Kier molecular flexibility index (Phi) is 2.93. The number of likely N-dealkylation sites (tertiary alicyclic amines) is 1. The standard InChI is InChI=1S/C17H24N2O2/c1-3-18-9-14-8-17(14,11-18)13-4-6-15(7-5-13)19-12(2)10-21-16(19)20/h4-6,12,14-15H,3,7-11H2,1-2H3. The first kappa shape index (κ1) is 13.4. The van der Waals surface area contributed by atoms with Crippen LogP contribution in [0.5, 0.6) is 0 Å². The number of hydrogen-bond donors (Lipinski definition) is 0. The highest BCUT2D eigenvalue weighted by Gasteiger charge is 2.60. The molecule has 1 amide bonds. The average Bonchev–Trinajstić information content (AvgIpc) is 2.90. The number of piperidine rings is 1. The smallest absolute Gasteiger partial charge is 0.410 e. The van der Waals surface area contributed by atoms with Crippen molar-refractivity contribution in [3.8, 4) is 0 Å². The summed E-state index contributed by atoms with van der Waals surface area (Å²) in [4.78, 5) is 16.3. The SMILES string of the molecule is CCN1CC2CC2(C2=CCC(N3C(=O)OCC3C)C=C2)C1. The van der Waals surface area contributed by atoms with Crippen LogP contribution in [0.1, 0.15) is 26.7 Å². The van der Waals surface area contributed by atoms with E-state index >= 15 is 0 Å².